The summed E-state index contributed by atoms with van der Waals surface area (Å²) in [7, 11) is 0. The summed E-state index contributed by atoms with van der Waals surface area (Å²) in [5.41, 5.74) is 0.908. The van der Waals surface area contributed by atoms with Gasteiger partial charge in [0, 0.05) is 30.1 Å². The molecule has 0 spiro atoms. The number of hydrogen-bond acceptors (Lipinski definition) is 5. The Hall–Kier alpha value is -2.45. The van der Waals surface area contributed by atoms with Gasteiger partial charge in [-0.15, -0.1) is 11.3 Å². The van der Waals surface area contributed by atoms with E-state index in [0.29, 0.717) is 25.9 Å². The largest absolute Gasteiger partial charge is 0.340 e. The number of nitro groups is 1. The van der Waals surface area contributed by atoms with Gasteiger partial charge < -0.3 is 10.2 Å². The summed E-state index contributed by atoms with van der Waals surface area (Å²) in [6.45, 7) is 3.07. The highest BCUT2D eigenvalue weighted by atomic mass is 35.5. The molecule has 2 amide bonds. The van der Waals surface area contributed by atoms with Crippen LogP contribution in [0.2, 0.25) is 5.02 Å². The first-order valence-electron chi connectivity index (χ1n) is 8.99. The van der Waals surface area contributed by atoms with Gasteiger partial charge in [-0.05, 0) is 35.9 Å². The Kier molecular flexibility index (Phi) is 6.31. The van der Waals surface area contributed by atoms with Gasteiger partial charge >= 0.3 is 0 Å². The highest BCUT2D eigenvalue weighted by molar-refractivity contribution is 7.10. The second kappa shape index (κ2) is 8.70. The van der Waals surface area contributed by atoms with Crippen LogP contribution in [0.1, 0.15) is 40.6 Å². The van der Waals surface area contributed by atoms with Crippen molar-refractivity contribution >= 4 is 40.4 Å². The van der Waals surface area contributed by atoms with Gasteiger partial charge in [0.15, 0.2) is 0 Å². The number of non-ortho nitro benzene ring substituents is 1. The maximum Gasteiger partial charge on any atom is 0.270 e. The third-order valence-electron chi connectivity index (χ3n) is 4.71. The van der Waals surface area contributed by atoms with Crippen molar-refractivity contribution in [2.75, 3.05) is 6.54 Å². The van der Waals surface area contributed by atoms with Crippen molar-refractivity contribution in [1.29, 1.82) is 0 Å². The van der Waals surface area contributed by atoms with Crippen LogP contribution in [-0.4, -0.2) is 34.2 Å². The van der Waals surface area contributed by atoms with E-state index in [-0.39, 0.29) is 22.2 Å². The molecule has 28 heavy (non-hydrogen) atoms. The summed E-state index contributed by atoms with van der Waals surface area (Å²) < 4.78 is 0. The van der Waals surface area contributed by atoms with Crippen LogP contribution in [0.3, 0.4) is 0 Å². The van der Waals surface area contributed by atoms with Crippen molar-refractivity contribution in [1.82, 2.24) is 10.2 Å². The summed E-state index contributed by atoms with van der Waals surface area (Å²) in [6.07, 6.45) is 1.99. The van der Waals surface area contributed by atoms with Crippen molar-refractivity contribution in [2.24, 2.45) is 0 Å². The van der Waals surface area contributed by atoms with E-state index in [9.17, 15) is 19.7 Å². The van der Waals surface area contributed by atoms with Gasteiger partial charge in [-0.2, -0.15) is 0 Å². The molecule has 1 aromatic carbocycles. The first kappa shape index (κ1) is 20.3. The topological polar surface area (TPSA) is 92.5 Å². The summed E-state index contributed by atoms with van der Waals surface area (Å²) in [6, 6.07) is 5.00. The molecule has 0 saturated heterocycles. The number of nitro benzene ring substituents is 1. The molecule has 0 aliphatic carbocycles. The van der Waals surface area contributed by atoms with Gasteiger partial charge in [0.2, 0.25) is 5.91 Å². The van der Waals surface area contributed by atoms with Crippen LogP contribution in [0.5, 0.6) is 0 Å². The SMILES string of the molecule is CCCC(NC(=O)c1cc([N+](=O)[O-])ccc1Cl)C(=O)N1CCc2sccc2C1. The minimum atomic E-state index is -0.701. The lowest BCUT2D eigenvalue weighted by molar-refractivity contribution is -0.384. The number of nitrogens with one attached hydrogen (secondary N) is 1. The van der Waals surface area contributed by atoms with Crippen LogP contribution in [0.4, 0.5) is 5.69 Å². The quantitative estimate of drug-likeness (QED) is 0.567. The second-order valence-corrected chi connectivity index (χ2v) is 8.02. The predicted octanol–water partition coefficient (Wildman–Crippen LogP) is 3.79. The Morgan fingerprint density at radius 1 is 1.39 bits per heavy atom. The Bertz CT molecular complexity index is 914. The second-order valence-electron chi connectivity index (χ2n) is 6.61. The molecule has 0 saturated carbocycles. The zero-order valence-electron chi connectivity index (χ0n) is 15.3. The van der Waals surface area contributed by atoms with Gasteiger partial charge in [-0.25, -0.2) is 0 Å². The summed E-state index contributed by atoms with van der Waals surface area (Å²) in [5, 5.41) is 15.8. The molecule has 0 fully saturated rings. The minimum absolute atomic E-state index is 0.0106. The van der Waals surface area contributed by atoms with E-state index in [1.54, 1.807) is 16.2 Å². The molecular weight excluding hydrogens is 402 g/mol. The molecule has 0 bridgehead atoms. The number of fused-ring (bicyclic) bond motifs is 1. The first-order valence-corrected chi connectivity index (χ1v) is 10.2. The van der Waals surface area contributed by atoms with E-state index in [2.05, 4.69) is 5.32 Å². The lowest BCUT2D eigenvalue weighted by Crippen LogP contribution is -2.49. The average Bonchev–Trinajstić information content (AvgIpc) is 3.14. The molecule has 0 radical (unpaired) electrons. The van der Waals surface area contributed by atoms with Crippen molar-refractivity contribution in [3.63, 3.8) is 0 Å². The molecule has 1 atom stereocenters. The van der Waals surface area contributed by atoms with Crippen molar-refractivity contribution in [2.45, 2.75) is 38.8 Å². The van der Waals surface area contributed by atoms with E-state index in [1.807, 2.05) is 18.4 Å². The number of hydrogen-bond donors (Lipinski definition) is 1. The number of carbonyl (C=O) groups excluding carboxylic acids is 2. The maximum absolute atomic E-state index is 13.0. The smallest absolute Gasteiger partial charge is 0.270 e. The molecule has 1 aliphatic heterocycles. The summed E-state index contributed by atoms with van der Waals surface area (Å²) in [5.74, 6) is -0.734. The van der Waals surface area contributed by atoms with Crippen molar-refractivity contribution in [3.8, 4) is 0 Å². The molecule has 2 aromatic rings. The van der Waals surface area contributed by atoms with E-state index < -0.39 is 16.9 Å². The number of amides is 2. The fraction of sp³-hybridized carbons (Fsp3) is 0.368. The highest BCUT2D eigenvalue weighted by Gasteiger charge is 2.29. The molecule has 2 heterocycles. The third-order valence-corrected chi connectivity index (χ3v) is 6.06. The Morgan fingerprint density at radius 2 is 2.18 bits per heavy atom. The average molecular weight is 422 g/mol. The van der Waals surface area contributed by atoms with E-state index in [1.165, 1.54) is 17.0 Å². The van der Waals surface area contributed by atoms with Gasteiger partial charge in [0.25, 0.3) is 11.6 Å². The Morgan fingerprint density at radius 3 is 2.89 bits per heavy atom. The molecule has 9 heteroatoms. The van der Waals surface area contributed by atoms with Crippen LogP contribution in [0, 0.1) is 10.1 Å². The maximum atomic E-state index is 13.0. The van der Waals surface area contributed by atoms with E-state index in [4.69, 9.17) is 11.6 Å². The molecule has 1 aliphatic rings. The fourth-order valence-electron chi connectivity index (χ4n) is 3.24. The normalized spacial score (nSPS) is 14.3. The number of rotatable bonds is 6. The number of halogens is 1. The zero-order valence-corrected chi connectivity index (χ0v) is 16.9. The lowest BCUT2D eigenvalue weighted by Gasteiger charge is -2.31. The first-order chi connectivity index (χ1) is 13.4. The lowest BCUT2D eigenvalue weighted by atomic mass is 10.1. The predicted molar refractivity (Wildman–Crippen MR) is 108 cm³/mol. The van der Waals surface area contributed by atoms with E-state index in [0.717, 1.165) is 18.1 Å². The Labute approximate surface area is 171 Å². The highest BCUT2D eigenvalue weighted by Crippen LogP contribution is 2.25. The van der Waals surface area contributed by atoms with Gasteiger partial charge in [-0.3, -0.25) is 19.7 Å². The molecule has 148 valence electrons. The molecular formula is C19H20ClN3O4S. The number of benzene rings is 1. The number of thiophene rings is 1. The van der Waals surface area contributed by atoms with Crippen LogP contribution >= 0.6 is 22.9 Å². The van der Waals surface area contributed by atoms with Gasteiger partial charge in [0.05, 0.1) is 15.5 Å². The molecule has 7 nitrogen and oxygen atoms in total. The van der Waals surface area contributed by atoms with Gasteiger partial charge in [-0.1, -0.05) is 24.9 Å². The molecule has 3 rings (SSSR count). The van der Waals surface area contributed by atoms with Crippen molar-refractivity contribution in [3.05, 3.63) is 60.8 Å². The van der Waals surface area contributed by atoms with Gasteiger partial charge in [0.1, 0.15) is 6.04 Å². The van der Waals surface area contributed by atoms with Crippen molar-refractivity contribution < 1.29 is 14.5 Å². The number of carbonyl (C=O) groups is 2. The van der Waals surface area contributed by atoms with Crippen LogP contribution < -0.4 is 5.32 Å². The summed E-state index contributed by atoms with van der Waals surface area (Å²) >= 11 is 7.74. The minimum Gasteiger partial charge on any atom is -0.340 e. The monoisotopic (exact) mass is 421 g/mol. The third kappa shape index (κ3) is 4.34. The molecule has 1 N–H and O–H groups in total. The molecule has 1 unspecified atom stereocenters. The number of nitrogens with zero attached hydrogens (tertiary/aromatic N) is 2. The zero-order chi connectivity index (χ0) is 20.3. The Balaban J connectivity index is 1.76. The summed E-state index contributed by atoms with van der Waals surface area (Å²) in [4.78, 5) is 39.1. The van der Waals surface area contributed by atoms with E-state index >= 15 is 0 Å². The van der Waals surface area contributed by atoms with Crippen LogP contribution in [-0.2, 0) is 17.8 Å². The standard InChI is InChI=1S/C19H20ClN3O4S/c1-2-3-16(19(25)22-8-6-17-12(11-22)7-9-28-17)21-18(24)14-10-13(23(26)27)4-5-15(14)20/h4-5,7,9-10,16H,2-3,6,8,11H2,1H3,(H,21,24). The van der Waals surface area contributed by atoms with Crippen LogP contribution in [0.15, 0.2) is 29.6 Å². The van der Waals surface area contributed by atoms with Crippen LogP contribution in [0.25, 0.3) is 0 Å². The fourth-order valence-corrected chi connectivity index (χ4v) is 4.33. The molecule has 1 aromatic heterocycles.